The Kier molecular flexibility index (Phi) is 19.1. The van der Waals surface area contributed by atoms with E-state index in [9.17, 15) is 24.0 Å². The zero-order valence-corrected chi connectivity index (χ0v) is 26.7. The molecule has 1 aromatic carbocycles. The molecule has 46 heavy (non-hydrogen) atoms. The Morgan fingerprint density at radius 2 is 1.35 bits per heavy atom. The number of nitrogens with zero attached hydrogens (tertiary/aromatic N) is 2. The fraction of sp³-hybridized carbons (Fsp3) is 0.531. The quantitative estimate of drug-likeness (QED) is 0.195. The van der Waals surface area contributed by atoms with Crippen molar-refractivity contribution in [2.45, 2.75) is 51.5 Å². The molecule has 2 fully saturated rings. The van der Waals surface area contributed by atoms with Crippen molar-refractivity contribution < 1.29 is 53.9 Å². The second-order valence-electron chi connectivity index (χ2n) is 11.0. The van der Waals surface area contributed by atoms with Gasteiger partial charge < -0.3 is 40.1 Å². The summed E-state index contributed by atoms with van der Waals surface area (Å²) in [6, 6.07) is 6.38. The van der Waals surface area contributed by atoms with E-state index in [0.717, 1.165) is 68.5 Å². The number of amides is 1. The maximum absolute atomic E-state index is 12.3. The van der Waals surface area contributed by atoms with Crippen LogP contribution >= 0.6 is 0 Å². The van der Waals surface area contributed by atoms with Gasteiger partial charge in [0.2, 0.25) is 5.91 Å². The summed E-state index contributed by atoms with van der Waals surface area (Å²) in [5.41, 5.74) is 1.10. The third kappa shape index (κ3) is 19.1. The lowest BCUT2D eigenvalue weighted by Crippen LogP contribution is -2.45. The number of carboxylic acid groups (broad SMARTS) is 4. The van der Waals surface area contributed by atoms with E-state index in [1.54, 1.807) is 7.11 Å². The van der Waals surface area contributed by atoms with Crippen LogP contribution in [0.2, 0.25) is 0 Å². The van der Waals surface area contributed by atoms with Crippen LogP contribution in [0.1, 0.15) is 44.6 Å². The SMILES string of the molecule is COc1cc(CCC(=O)N[C@H]2CC[C@H](C)CC2)ccc1OCCN1CCN(C)CC1.O=C(O)/C=C/C(=O)O.O=C(O)/C=C/C(=O)O. The van der Waals surface area contributed by atoms with Gasteiger partial charge in [0.05, 0.1) is 7.11 Å². The third-order valence-electron chi connectivity index (χ3n) is 7.25. The molecule has 0 aromatic heterocycles. The van der Waals surface area contributed by atoms with Gasteiger partial charge in [-0.25, -0.2) is 19.2 Å². The van der Waals surface area contributed by atoms with Crippen molar-refractivity contribution in [2.24, 2.45) is 5.92 Å². The van der Waals surface area contributed by atoms with Crippen molar-refractivity contribution >= 4 is 29.8 Å². The molecule has 1 aromatic rings. The molecule has 1 saturated carbocycles. The molecule has 14 nitrogen and oxygen atoms in total. The van der Waals surface area contributed by atoms with Crippen LogP contribution in [0.5, 0.6) is 11.5 Å². The third-order valence-corrected chi connectivity index (χ3v) is 7.25. The highest BCUT2D eigenvalue weighted by Crippen LogP contribution is 2.29. The molecule has 0 radical (unpaired) electrons. The van der Waals surface area contributed by atoms with Crippen molar-refractivity contribution in [1.29, 1.82) is 0 Å². The molecule has 1 amide bonds. The molecule has 14 heteroatoms. The molecule has 2 aliphatic rings. The average molecular weight is 650 g/mol. The average Bonchev–Trinajstić information content (AvgIpc) is 3.01. The van der Waals surface area contributed by atoms with Gasteiger partial charge >= 0.3 is 23.9 Å². The largest absolute Gasteiger partial charge is 0.493 e. The molecule has 1 aliphatic carbocycles. The monoisotopic (exact) mass is 649 g/mol. The number of aliphatic carboxylic acids is 4. The summed E-state index contributed by atoms with van der Waals surface area (Å²) in [5, 5.41) is 34.5. The first-order valence-corrected chi connectivity index (χ1v) is 15.1. The maximum Gasteiger partial charge on any atom is 0.328 e. The minimum absolute atomic E-state index is 0.154. The van der Waals surface area contributed by atoms with Crippen LogP contribution < -0.4 is 14.8 Å². The first-order valence-electron chi connectivity index (χ1n) is 15.1. The zero-order valence-electron chi connectivity index (χ0n) is 26.7. The van der Waals surface area contributed by atoms with E-state index in [2.05, 4.69) is 29.1 Å². The van der Waals surface area contributed by atoms with Crippen LogP contribution in [0, 0.1) is 5.92 Å². The van der Waals surface area contributed by atoms with E-state index in [4.69, 9.17) is 29.9 Å². The number of carbonyl (C=O) groups excluding carboxylic acids is 1. The number of benzene rings is 1. The second-order valence-corrected chi connectivity index (χ2v) is 11.0. The number of piperazine rings is 1. The van der Waals surface area contributed by atoms with Crippen LogP contribution in [0.25, 0.3) is 0 Å². The fourth-order valence-electron chi connectivity index (χ4n) is 4.59. The summed E-state index contributed by atoms with van der Waals surface area (Å²) in [5.74, 6) is -2.56. The van der Waals surface area contributed by atoms with Crippen LogP contribution in [-0.2, 0) is 30.4 Å². The molecular weight excluding hydrogens is 602 g/mol. The lowest BCUT2D eigenvalue weighted by Gasteiger charge is -2.32. The van der Waals surface area contributed by atoms with Gasteiger partial charge in [-0.3, -0.25) is 9.69 Å². The molecular formula is C32H47N3O11. The number of hydrogen-bond donors (Lipinski definition) is 5. The standard InChI is InChI=1S/C24H39N3O3.2C4H4O4/c1-19-4-8-21(9-5-19)25-24(28)11-7-20-6-10-22(23(18-20)29-3)30-17-16-27-14-12-26(2)13-15-27;2*5-3(6)1-2-4(7)8/h6,10,18-19,21H,4-5,7-9,11-17H2,1-3H3,(H,25,28);2*1-2H,(H,5,6)(H,7,8)/b;2*2-1+/t19-,21-;;. The van der Waals surface area contributed by atoms with Crippen molar-refractivity contribution in [3.8, 4) is 11.5 Å². The number of methoxy groups -OCH3 is 1. The normalized spacial score (nSPS) is 18.4. The summed E-state index contributed by atoms with van der Waals surface area (Å²) >= 11 is 0. The zero-order chi connectivity index (χ0) is 34.5. The van der Waals surface area contributed by atoms with Crippen molar-refractivity contribution in [1.82, 2.24) is 15.1 Å². The topological polar surface area (TPSA) is 203 Å². The van der Waals surface area contributed by atoms with Crippen molar-refractivity contribution in [3.05, 3.63) is 48.1 Å². The van der Waals surface area contributed by atoms with Crippen LogP contribution in [0.4, 0.5) is 0 Å². The van der Waals surface area contributed by atoms with E-state index >= 15 is 0 Å². The van der Waals surface area contributed by atoms with Gasteiger partial charge in [-0.15, -0.1) is 0 Å². The van der Waals surface area contributed by atoms with Crippen LogP contribution in [0.15, 0.2) is 42.5 Å². The van der Waals surface area contributed by atoms with E-state index in [-0.39, 0.29) is 5.91 Å². The molecule has 0 bridgehead atoms. The van der Waals surface area contributed by atoms with Gasteiger partial charge in [0.15, 0.2) is 11.5 Å². The number of hydrogen-bond acceptors (Lipinski definition) is 9. The Hall–Kier alpha value is -4.43. The van der Waals surface area contributed by atoms with Crippen LogP contribution in [-0.4, -0.2) is 120 Å². The summed E-state index contributed by atoms with van der Waals surface area (Å²) in [6.07, 6.45) is 8.12. The van der Waals surface area contributed by atoms with Gasteiger partial charge in [0.1, 0.15) is 6.61 Å². The van der Waals surface area contributed by atoms with Gasteiger partial charge in [0, 0.05) is 69.5 Å². The molecule has 1 heterocycles. The molecule has 256 valence electrons. The first-order chi connectivity index (χ1) is 21.8. The van der Waals surface area contributed by atoms with E-state index in [0.29, 0.717) is 49.8 Å². The predicted molar refractivity (Wildman–Crippen MR) is 169 cm³/mol. The molecule has 1 aliphatic heterocycles. The number of rotatable bonds is 13. The van der Waals surface area contributed by atoms with Gasteiger partial charge in [-0.2, -0.15) is 0 Å². The minimum Gasteiger partial charge on any atom is -0.493 e. The Labute approximate surface area is 269 Å². The highest BCUT2D eigenvalue weighted by molar-refractivity contribution is 5.90. The Morgan fingerprint density at radius 3 is 1.83 bits per heavy atom. The first kappa shape index (κ1) is 39.6. The number of aryl methyl sites for hydroxylation is 1. The molecule has 0 atom stereocenters. The van der Waals surface area contributed by atoms with E-state index in [1.165, 1.54) is 12.8 Å². The predicted octanol–water partition coefficient (Wildman–Crippen LogP) is 2.37. The summed E-state index contributed by atoms with van der Waals surface area (Å²) in [7, 11) is 3.84. The van der Waals surface area contributed by atoms with E-state index < -0.39 is 23.9 Å². The number of carbonyl (C=O) groups is 5. The number of likely N-dealkylation sites (N-methyl/N-ethyl adjacent to an activating group) is 1. The van der Waals surface area contributed by atoms with Crippen molar-refractivity contribution in [3.63, 3.8) is 0 Å². The highest BCUT2D eigenvalue weighted by atomic mass is 16.5. The van der Waals surface area contributed by atoms with Gasteiger partial charge in [-0.05, 0) is 62.8 Å². The maximum atomic E-state index is 12.3. The van der Waals surface area contributed by atoms with Crippen LogP contribution in [0.3, 0.4) is 0 Å². The smallest absolute Gasteiger partial charge is 0.328 e. The molecule has 0 spiro atoms. The Bertz CT molecular complexity index is 1120. The Balaban J connectivity index is 0.000000545. The van der Waals surface area contributed by atoms with Gasteiger partial charge in [0.25, 0.3) is 0 Å². The summed E-state index contributed by atoms with van der Waals surface area (Å²) < 4.78 is 11.5. The fourth-order valence-corrected chi connectivity index (χ4v) is 4.59. The lowest BCUT2D eigenvalue weighted by molar-refractivity contribution is -0.134. The number of carboxylic acids is 4. The number of nitrogens with one attached hydrogen (secondary N) is 1. The molecule has 1 saturated heterocycles. The van der Waals surface area contributed by atoms with E-state index in [1.807, 2.05) is 18.2 Å². The van der Waals surface area contributed by atoms with Crippen molar-refractivity contribution in [2.75, 3.05) is 53.5 Å². The molecule has 3 rings (SSSR count). The molecule has 0 unspecified atom stereocenters. The lowest BCUT2D eigenvalue weighted by atomic mass is 9.87. The summed E-state index contributed by atoms with van der Waals surface area (Å²) in [4.78, 5) is 55.3. The van der Waals surface area contributed by atoms with Gasteiger partial charge in [-0.1, -0.05) is 13.0 Å². The number of ether oxygens (including phenoxy) is 2. The summed E-state index contributed by atoms with van der Waals surface area (Å²) in [6.45, 7) is 8.30. The highest BCUT2D eigenvalue weighted by Gasteiger charge is 2.20. The Morgan fingerprint density at radius 1 is 0.826 bits per heavy atom. The molecule has 5 N–H and O–H groups in total. The second kappa shape index (κ2) is 22.1. The minimum atomic E-state index is -1.26.